The van der Waals surface area contributed by atoms with Crippen molar-refractivity contribution in [2.75, 3.05) is 26.4 Å². The highest BCUT2D eigenvalue weighted by atomic mass is 32.3. The summed E-state index contributed by atoms with van der Waals surface area (Å²) in [4.78, 5) is 12.3. The summed E-state index contributed by atoms with van der Waals surface area (Å²) in [7, 11) is -5.06. The van der Waals surface area contributed by atoms with E-state index in [1.165, 1.54) is 0 Å². The standard InChI is InChI=1S/C40H64O12S/c1-3-5-7-8-9-10-11-12-13-14-15-16-17-18-19-20-21-22-23-24-25-26-27-28-30-48-32-34(50-36(42)29-6-4-2)33-49-40-38(44)39(52-53(45,46)47)37(43)35(31-41)51-40/h5,7,9-10,12-13,15-16,18-19,21-22,24-25,34-35,37-41,43-44H,3-4,6,8,11,14,17,20,23,26-33H2,1-2H3,(H,45,46,47)/b7-5-,10-9-,13-12-,16-15-,19-18-,22-21-,25-24-. The maximum absolute atomic E-state index is 12.3. The van der Waals surface area contributed by atoms with Crippen molar-refractivity contribution in [1.82, 2.24) is 0 Å². The molecule has 0 spiro atoms. The lowest BCUT2D eigenvalue weighted by Crippen LogP contribution is -2.60. The van der Waals surface area contributed by atoms with Gasteiger partial charge in [-0.1, -0.05) is 105 Å². The normalized spacial score (nSPS) is 22.3. The van der Waals surface area contributed by atoms with Gasteiger partial charge in [-0.2, -0.15) is 8.42 Å². The van der Waals surface area contributed by atoms with Gasteiger partial charge in [0, 0.05) is 13.0 Å². The van der Waals surface area contributed by atoms with Crippen LogP contribution in [0.5, 0.6) is 0 Å². The number of esters is 1. The van der Waals surface area contributed by atoms with Crippen LogP contribution < -0.4 is 0 Å². The van der Waals surface area contributed by atoms with Crippen LogP contribution in [0.4, 0.5) is 0 Å². The first-order valence-corrected chi connectivity index (χ1v) is 20.2. The molecule has 1 fully saturated rings. The minimum absolute atomic E-state index is 0.00377. The summed E-state index contributed by atoms with van der Waals surface area (Å²) in [5, 5.41) is 30.2. The molecule has 1 rings (SSSR count). The highest BCUT2D eigenvalue weighted by Crippen LogP contribution is 2.26. The molecule has 0 aliphatic carbocycles. The number of aliphatic hydroxyl groups excluding tert-OH is 3. The van der Waals surface area contributed by atoms with E-state index >= 15 is 0 Å². The molecule has 53 heavy (non-hydrogen) atoms. The molecule has 12 nitrogen and oxygen atoms in total. The Morgan fingerprint density at radius 2 is 1.26 bits per heavy atom. The van der Waals surface area contributed by atoms with Crippen molar-refractivity contribution in [3.63, 3.8) is 0 Å². The third kappa shape index (κ3) is 25.9. The van der Waals surface area contributed by atoms with Crippen LogP contribution in [0.25, 0.3) is 0 Å². The Labute approximate surface area is 317 Å². The molecular weight excluding hydrogens is 704 g/mol. The van der Waals surface area contributed by atoms with E-state index in [9.17, 15) is 28.5 Å². The molecule has 1 aliphatic rings. The first kappa shape index (κ1) is 48.3. The van der Waals surface area contributed by atoms with E-state index in [0.717, 1.165) is 70.6 Å². The van der Waals surface area contributed by atoms with Crippen LogP contribution in [0.2, 0.25) is 0 Å². The Bertz CT molecular complexity index is 1250. The maximum Gasteiger partial charge on any atom is 0.397 e. The zero-order chi connectivity index (χ0) is 39.0. The molecule has 0 aromatic heterocycles. The number of unbranched alkanes of at least 4 members (excludes halogenated alkanes) is 3. The largest absolute Gasteiger partial charge is 0.457 e. The van der Waals surface area contributed by atoms with E-state index in [4.69, 9.17) is 23.5 Å². The van der Waals surface area contributed by atoms with Gasteiger partial charge in [-0.25, -0.2) is 4.18 Å². The molecular formula is C40H64O12S. The number of hydrogen-bond donors (Lipinski definition) is 4. The molecule has 0 bridgehead atoms. The first-order valence-electron chi connectivity index (χ1n) is 18.8. The SMILES string of the molecule is CC/C=C\C/C=C\C/C=C\C/C=C\C/C=C\C/C=C\C/C=C\CCCCOCC(COC1OC(CO)C(O)C(OS(=O)(=O)O)C1O)OC(=O)CCCC. The van der Waals surface area contributed by atoms with Gasteiger partial charge in [0.25, 0.3) is 0 Å². The third-order valence-electron chi connectivity index (χ3n) is 7.78. The smallest absolute Gasteiger partial charge is 0.397 e. The van der Waals surface area contributed by atoms with E-state index < -0.39 is 59.8 Å². The molecule has 13 heteroatoms. The van der Waals surface area contributed by atoms with E-state index in [1.807, 2.05) is 6.92 Å². The predicted octanol–water partition coefficient (Wildman–Crippen LogP) is 6.56. The summed E-state index contributed by atoms with van der Waals surface area (Å²) in [6.07, 6.45) is 32.1. The molecule has 6 unspecified atom stereocenters. The zero-order valence-electron chi connectivity index (χ0n) is 31.5. The number of allylic oxidation sites excluding steroid dienone is 14. The predicted molar refractivity (Wildman–Crippen MR) is 206 cm³/mol. The Morgan fingerprint density at radius 1 is 0.736 bits per heavy atom. The van der Waals surface area contributed by atoms with Gasteiger partial charge in [-0.15, -0.1) is 0 Å². The van der Waals surface area contributed by atoms with Crippen LogP contribution in [0.1, 0.15) is 97.3 Å². The highest BCUT2D eigenvalue weighted by molar-refractivity contribution is 7.80. The van der Waals surface area contributed by atoms with Gasteiger partial charge < -0.3 is 34.3 Å². The lowest BCUT2D eigenvalue weighted by molar-refractivity contribution is -0.301. The molecule has 4 N–H and O–H groups in total. The van der Waals surface area contributed by atoms with E-state index in [2.05, 4.69) is 96.2 Å². The molecule has 1 heterocycles. The van der Waals surface area contributed by atoms with Crippen molar-refractivity contribution in [2.45, 2.75) is 134 Å². The number of aliphatic hydroxyl groups is 3. The number of carbonyl (C=O) groups is 1. The van der Waals surface area contributed by atoms with Crippen LogP contribution in [0.15, 0.2) is 85.1 Å². The molecule has 0 radical (unpaired) electrons. The molecule has 1 aliphatic heterocycles. The average Bonchev–Trinajstić information content (AvgIpc) is 3.13. The van der Waals surface area contributed by atoms with Crippen LogP contribution in [0.3, 0.4) is 0 Å². The average molecular weight is 769 g/mol. The van der Waals surface area contributed by atoms with Crippen molar-refractivity contribution < 1.29 is 56.2 Å². The molecule has 0 amide bonds. The Balaban J connectivity index is 2.31. The van der Waals surface area contributed by atoms with Crippen molar-refractivity contribution in [3.05, 3.63) is 85.1 Å². The van der Waals surface area contributed by atoms with Gasteiger partial charge in [0.15, 0.2) is 6.29 Å². The molecule has 302 valence electrons. The van der Waals surface area contributed by atoms with E-state index in [1.54, 1.807) is 0 Å². The summed E-state index contributed by atoms with van der Waals surface area (Å²) >= 11 is 0. The van der Waals surface area contributed by atoms with Gasteiger partial charge in [0.05, 0.1) is 19.8 Å². The van der Waals surface area contributed by atoms with Crippen molar-refractivity contribution in [1.29, 1.82) is 0 Å². The fourth-order valence-electron chi connectivity index (χ4n) is 4.92. The Morgan fingerprint density at radius 3 is 1.75 bits per heavy atom. The molecule has 1 saturated heterocycles. The lowest BCUT2D eigenvalue weighted by atomic mass is 9.99. The molecule has 0 saturated carbocycles. The van der Waals surface area contributed by atoms with Crippen molar-refractivity contribution >= 4 is 16.4 Å². The van der Waals surface area contributed by atoms with Crippen LogP contribution in [-0.2, 0) is 38.3 Å². The van der Waals surface area contributed by atoms with E-state index in [0.29, 0.717) is 13.0 Å². The van der Waals surface area contributed by atoms with Gasteiger partial charge in [-0.3, -0.25) is 9.35 Å². The van der Waals surface area contributed by atoms with Crippen molar-refractivity contribution in [3.8, 4) is 0 Å². The van der Waals surface area contributed by atoms with Gasteiger partial charge >= 0.3 is 16.4 Å². The minimum atomic E-state index is -5.06. The third-order valence-corrected chi connectivity index (χ3v) is 8.25. The van der Waals surface area contributed by atoms with Crippen molar-refractivity contribution in [2.24, 2.45) is 0 Å². The summed E-state index contributed by atoms with van der Waals surface area (Å²) in [5.74, 6) is -0.456. The Hall–Kier alpha value is -2.72. The van der Waals surface area contributed by atoms with Crippen LogP contribution in [-0.4, -0.2) is 97.5 Å². The quantitative estimate of drug-likeness (QED) is 0.0268. The summed E-state index contributed by atoms with van der Waals surface area (Å²) in [6, 6.07) is 0. The molecule has 0 aromatic rings. The maximum atomic E-state index is 12.3. The Kier molecular flexibility index (Phi) is 28.8. The zero-order valence-corrected chi connectivity index (χ0v) is 32.3. The second kappa shape index (κ2) is 31.6. The monoisotopic (exact) mass is 768 g/mol. The number of carbonyl (C=O) groups excluding carboxylic acids is 1. The van der Waals surface area contributed by atoms with Crippen LogP contribution in [0, 0.1) is 0 Å². The fourth-order valence-corrected chi connectivity index (χ4v) is 5.43. The second-order valence-corrected chi connectivity index (χ2v) is 13.5. The highest BCUT2D eigenvalue weighted by Gasteiger charge is 2.48. The lowest BCUT2D eigenvalue weighted by Gasteiger charge is -2.41. The van der Waals surface area contributed by atoms with Gasteiger partial charge in [0.2, 0.25) is 0 Å². The summed E-state index contributed by atoms with van der Waals surface area (Å²) < 4.78 is 58.1. The van der Waals surface area contributed by atoms with Gasteiger partial charge in [0.1, 0.15) is 30.5 Å². The molecule has 0 aromatic carbocycles. The number of ether oxygens (including phenoxy) is 4. The second-order valence-electron chi connectivity index (χ2n) is 12.4. The first-order chi connectivity index (χ1) is 25.6. The fraction of sp³-hybridized carbons (Fsp3) is 0.625. The summed E-state index contributed by atoms with van der Waals surface area (Å²) in [5.41, 5.74) is 0. The summed E-state index contributed by atoms with van der Waals surface area (Å²) in [6.45, 7) is 3.43. The number of rotatable bonds is 30. The van der Waals surface area contributed by atoms with E-state index in [-0.39, 0.29) is 19.6 Å². The minimum Gasteiger partial charge on any atom is -0.457 e. The topological polar surface area (TPSA) is 178 Å². The number of hydrogen-bond acceptors (Lipinski definition) is 11. The van der Waals surface area contributed by atoms with Gasteiger partial charge in [-0.05, 0) is 70.6 Å². The van der Waals surface area contributed by atoms with Crippen LogP contribution >= 0.6 is 0 Å². The molecule has 6 atom stereocenters.